The summed E-state index contributed by atoms with van der Waals surface area (Å²) in [5, 5.41) is 3.58. The molecule has 2 aromatic carbocycles. The molecule has 0 atom stereocenters. The molecule has 138 valence electrons. The highest BCUT2D eigenvalue weighted by molar-refractivity contribution is 7.99. The van der Waals surface area contributed by atoms with Gasteiger partial charge in [0.05, 0.1) is 11.4 Å². The number of nitrogens with zero attached hydrogens (tertiary/aromatic N) is 2. The smallest absolute Gasteiger partial charge is 0.230 e. The van der Waals surface area contributed by atoms with Gasteiger partial charge in [0.2, 0.25) is 5.91 Å². The number of aromatic nitrogens is 2. The molecule has 1 amide bonds. The number of carbonyl (C=O) groups excluding carboxylic acids is 1. The van der Waals surface area contributed by atoms with Gasteiger partial charge in [-0.1, -0.05) is 60.3 Å². The molecule has 0 unspecified atom stereocenters. The topological polar surface area (TPSA) is 54.9 Å². The molecule has 1 heterocycles. The Kier molecular flexibility index (Phi) is 7.30. The average molecular weight is 396 g/mol. The number of hydrogen-bond acceptors (Lipinski definition) is 5. The zero-order valence-corrected chi connectivity index (χ0v) is 16.7. The van der Waals surface area contributed by atoms with E-state index in [1.54, 1.807) is 11.8 Å². The summed E-state index contributed by atoms with van der Waals surface area (Å²) in [6.07, 6.45) is 0. The first-order chi connectivity index (χ1) is 13.2. The molecule has 1 N–H and O–H groups in total. The first-order valence-electron chi connectivity index (χ1n) is 8.69. The molecule has 1 aromatic heterocycles. The minimum absolute atomic E-state index is 0.0000268. The van der Waals surface area contributed by atoms with E-state index in [0.717, 1.165) is 22.7 Å². The van der Waals surface area contributed by atoms with Crippen LogP contribution in [0.3, 0.4) is 0 Å². The molecule has 0 aliphatic heterocycles. The Morgan fingerprint density at radius 2 is 1.67 bits per heavy atom. The molecule has 0 saturated heterocycles. The molecule has 0 aliphatic rings. The monoisotopic (exact) mass is 395 g/mol. The third kappa shape index (κ3) is 6.41. The average Bonchev–Trinajstić information content (AvgIpc) is 2.71. The quantitative estimate of drug-likeness (QED) is 0.347. The van der Waals surface area contributed by atoms with Crippen molar-refractivity contribution in [3.05, 3.63) is 72.4 Å². The van der Waals surface area contributed by atoms with E-state index in [0.29, 0.717) is 17.5 Å². The van der Waals surface area contributed by atoms with Gasteiger partial charge in [0.15, 0.2) is 5.16 Å². The third-order valence-corrected chi connectivity index (χ3v) is 5.53. The van der Waals surface area contributed by atoms with E-state index in [2.05, 4.69) is 27.4 Å². The van der Waals surface area contributed by atoms with Crippen LogP contribution in [0.4, 0.5) is 0 Å². The Balaban J connectivity index is 1.46. The number of aryl methyl sites for hydroxylation is 1. The normalized spacial score (nSPS) is 10.6. The maximum Gasteiger partial charge on any atom is 0.230 e. The minimum Gasteiger partial charge on any atom is -0.355 e. The fourth-order valence-corrected chi connectivity index (χ4v) is 3.94. The molecule has 4 nitrogen and oxygen atoms in total. The zero-order chi connectivity index (χ0) is 18.9. The Labute approximate surface area is 168 Å². The molecule has 0 fully saturated rings. The minimum atomic E-state index is 0.0000268. The van der Waals surface area contributed by atoms with Gasteiger partial charge in [-0.15, -0.1) is 11.8 Å². The van der Waals surface area contributed by atoms with Crippen molar-refractivity contribution in [2.75, 3.05) is 18.1 Å². The van der Waals surface area contributed by atoms with Gasteiger partial charge < -0.3 is 5.32 Å². The highest BCUT2D eigenvalue weighted by atomic mass is 32.2. The van der Waals surface area contributed by atoms with Crippen LogP contribution in [-0.2, 0) is 4.79 Å². The SMILES string of the molecule is Cc1cc(-c2ccccc2)nc(SCC(=O)NCCSc2ccccc2)n1. The standard InChI is InChI=1S/C21H21N3OS2/c1-16-14-19(17-8-4-2-5-9-17)24-21(23-16)27-15-20(25)22-12-13-26-18-10-6-3-7-11-18/h2-11,14H,12-13,15H2,1H3,(H,22,25). The second-order valence-corrected chi connectivity index (χ2v) is 7.95. The molecule has 6 heteroatoms. The summed E-state index contributed by atoms with van der Waals surface area (Å²) in [4.78, 5) is 22.3. The van der Waals surface area contributed by atoms with Crippen molar-refractivity contribution in [2.24, 2.45) is 0 Å². The van der Waals surface area contributed by atoms with E-state index in [1.807, 2.05) is 61.5 Å². The molecule has 3 rings (SSSR count). The van der Waals surface area contributed by atoms with Crippen LogP contribution in [0.2, 0.25) is 0 Å². The summed E-state index contributed by atoms with van der Waals surface area (Å²) in [6, 6.07) is 22.1. The van der Waals surface area contributed by atoms with E-state index in [1.165, 1.54) is 16.7 Å². The summed E-state index contributed by atoms with van der Waals surface area (Å²) in [7, 11) is 0. The molecule has 27 heavy (non-hydrogen) atoms. The van der Waals surface area contributed by atoms with E-state index >= 15 is 0 Å². The molecule has 0 saturated carbocycles. The fourth-order valence-electron chi connectivity index (χ4n) is 2.42. The lowest BCUT2D eigenvalue weighted by Gasteiger charge is -2.07. The maximum absolute atomic E-state index is 12.1. The van der Waals surface area contributed by atoms with Crippen molar-refractivity contribution in [1.82, 2.24) is 15.3 Å². The number of carbonyl (C=O) groups is 1. The first kappa shape index (κ1) is 19.5. The molecule has 0 bridgehead atoms. The Bertz CT molecular complexity index is 873. The molecule has 0 aliphatic carbocycles. The van der Waals surface area contributed by atoms with Crippen molar-refractivity contribution in [2.45, 2.75) is 17.0 Å². The second-order valence-electron chi connectivity index (χ2n) is 5.84. The molecule has 3 aromatic rings. The van der Waals surface area contributed by atoms with Gasteiger partial charge in [-0.3, -0.25) is 4.79 Å². The highest BCUT2D eigenvalue weighted by Crippen LogP contribution is 2.21. The van der Waals surface area contributed by atoms with Crippen molar-refractivity contribution in [3.63, 3.8) is 0 Å². The lowest BCUT2D eigenvalue weighted by molar-refractivity contribution is -0.118. The van der Waals surface area contributed by atoms with Gasteiger partial charge in [-0.25, -0.2) is 9.97 Å². The summed E-state index contributed by atoms with van der Waals surface area (Å²) < 4.78 is 0. The first-order valence-corrected chi connectivity index (χ1v) is 10.7. The van der Waals surface area contributed by atoms with Crippen LogP contribution in [0.1, 0.15) is 5.69 Å². The molecule has 0 radical (unpaired) electrons. The van der Waals surface area contributed by atoms with Crippen LogP contribution in [0.15, 0.2) is 76.8 Å². The number of hydrogen-bond donors (Lipinski definition) is 1. The van der Waals surface area contributed by atoms with Gasteiger partial charge in [0.1, 0.15) is 0 Å². The molecule has 0 spiro atoms. The second kappa shape index (κ2) is 10.1. The maximum atomic E-state index is 12.1. The number of amides is 1. The Hall–Kier alpha value is -2.31. The van der Waals surface area contributed by atoms with Crippen LogP contribution in [0.25, 0.3) is 11.3 Å². The van der Waals surface area contributed by atoms with E-state index < -0.39 is 0 Å². The number of rotatable bonds is 8. The van der Waals surface area contributed by atoms with Crippen LogP contribution < -0.4 is 5.32 Å². The molecular weight excluding hydrogens is 374 g/mol. The number of nitrogens with one attached hydrogen (secondary N) is 1. The predicted octanol–water partition coefficient (Wildman–Crippen LogP) is 4.45. The summed E-state index contributed by atoms with van der Waals surface area (Å²) >= 11 is 3.10. The largest absolute Gasteiger partial charge is 0.355 e. The van der Waals surface area contributed by atoms with Gasteiger partial charge >= 0.3 is 0 Å². The van der Waals surface area contributed by atoms with Crippen LogP contribution in [0.5, 0.6) is 0 Å². The van der Waals surface area contributed by atoms with Crippen molar-refractivity contribution in [3.8, 4) is 11.3 Å². The number of thioether (sulfide) groups is 2. The number of benzene rings is 2. The fraction of sp³-hybridized carbons (Fsp3) is 0.190. The Morgan fingerprint density at radius 1 is 0.963 bits per heavy atom. The van der Waals surface area contributed by atoms with Crippen molar-refractivity contribution < 1.29 is 4.79 Å². The van der Waals surface area contributed by atoms with Crippen LogP contribution >= 0.6 is 23.5 Å². The van der Waals surface area contributed by atoms with E-state index in [4.69, 9.17) is 0 Å². The van der Waals surface area contributed by atoms with Crippen LogP contribution in [0, 0.1) is 6.92 Å². The summed E-state index contributed by atoms with van der Waals surface area (Å²) in [6.45, 7) is 2.59. The Morgan fingerprint density at radius 3 is 2.41 bits per heavy atom. The zero-order valence-electron chi connectivity index (χ0n) is 15.1. The summed E-state index contributed by atoms with van der Waals surface area (Å²) in [5.41, 5.74) is 2.82. The van der Waals surface area contributed by atoms with Gasteiger partial charge in [-0.05, 0) is 25.1 Å². The van der Waals surface area contributed by atoms with Crippen LogP contribution in [-0.4, -0.2) is 33.9 Å². The van der Waals surface area contributed by atoms with Gasteiger partial charge in [0.25, 0.3) is 0 Å². The highest BCUT2D eigenvalue weighted by Gasteiger charge is 2.08. The van der Waals surface area contributed by atoms with Crippen molar-refractivity contribution in [1.29, 1.82) is 0 Å². The predicted molar refractivity (Wildman–Crippen MR) is 113 cm³/mol. The van der Waals surface area contributed by atoms with Gasteiger partial charge in [-0.2, -0.15) is 0 Å². The summed E-state index contributed by atoms with van der Waals surface area (Å²) in [5.74, 6) is 1.16. The van der Waals surface area contributed by atoms with Gasteiger partial charge in [0, 0.05) is 28.5 Å². The molecular formula is C21H21N3OS2. The van der Waals surface area contributed by atoms with E-state index in [9.17, 15) is 4.79 Å². The lowest BCUT2D eigenvalue weighted by atomic mass is 10.1. The van der Waals surface area contributed by atoms with E-state index in [-0.39, 0.29) is 5.91 Å². The van der Waals surface area contributed by atoms with Crippen molar-refractivity contribution >= 4 is 29.4 Å². The third-order valence-electron chi connectivity index (χ3n) is 3.67. The lowest BCUT2D eigenvalue weighted by Crippen LogP contribution is -2.27.